The van der Waals surface area contributed by atoms with Crippen molar-refractivity contribution in [2.75, 3.05) is 45.6 Å². The van der Waals surface area contributed by atoms with Crippen LogP contribution in [-0.4, -0.2) is 89.6 Å². The van der Waals surface area contributed by atoms with Crippen molar-refractivity contribution in [2.45, 2.75) is 282 Å². The van der Waals surface area contributed by atoms with E-state index in [9.17, 15) is 24.8 Å². The van der Waals surface area contributed by atoms with Crippen LogP contribution in [0, 0.1) is 5.92 Å². The minimum Gasteiger partial charge on any atom is -0.778 e. The highest BCUT2D eigenvalue weighted by molar-refractivity contribution is 7.51. The maximum Gasteiger partial charge on any atom is 0.136 e. The average molecular weight is 1080 g/mol. The van der Waals surface area contributed by atoms with Crippen LogP contribution in [0.5, 0.6) is 0 Å². The van der Waals surface area contributed by atoms with Crippen molar-refractivity contribution >= 4 is 7.60 Å². The number of hydrogen-bond acceptors (Lipinski definition) is 7. The number of aliphatic hydroxyl groups is 3. The van der Waals surface area contributed by atoms with Crippen LogP contribution in [0.3, 0.4) is 0 Å². The second-order valence-electron chi connectivity index (χ2n) is 23.7. The molecular weight excluding hydrogens is 960 g/mol. The van der Waals surface area contributed by atoms with Crippen LogP contribution in [0.2, 0.25) is 0 Å². The quantitative estimate of drug-likeness (QED) is 0.0273. The van der Waals surface area contributed by atoms with Crippen molar-refractivity contribution in [3.63, 3.8) is 0 Å². The number of aliphatic hydroxyl groups excluding tert-OH is 3. The maximum atomic E-state index is 12.4. The van der Waals surface area contributed by atoms with Gasteiger partial charge in [-0.15, -0.1) is 0 Å². The molecule has 442 valence electrons. The van der Waals surface area contributed by atoms with Gasteiger partial charge in [-0.2, -0.15) is 0 Å². The summed E-state index contributed by atoms with van der Waals surface area (Å²) in [5.41, 5.74) is 11.7. The van der Waals surface area contributed by atoms with Crippen molar-refractivity contribution in [1.82, 2.24) is 5.32 Å². The van der Waals surface area contributed by atoms with E-state index in [2.05, 4.69) is 151 Å². The van der Waals surface area contributed by atoms with Crippen LogP contribution in [0.1, 0.15) is 257 Å². The van der Waals surface area contributed by atoms with Gasteiger partial charge in [0.15, 0.2) is 0 Å². The number of quaternary nitrogens is 1. The Morgan fingerprint density at radius 2 is 0.816 bits per heavy atom. The first kappa shape index (κ1) is 73.9. The molecule has 0 bridgehead atoms. The molecule has 0 amide bonds. The first-order valence-corrected chi connectivity index (χ1v) is 32.6. The van der Waals surface area contributed by atoms with E-state index < -0.39 is 38.0 Å². The van der Waals surface area contributed by atoms with Gasteiger partial charge in [-0.1, -0.05) is 153 Å². The van der Waals surface area contributed by atoms with Crippen molar-refractivity contribution in [1.29, 1.82) is 0 Å². The highest BCUT2D eigenvalue weighted by Gasteiger charge is 2.42. The standard InChI is InChI=1S/C51H88NO6P.C16H36N/c1-39(2)19-11-20-40(3)21-12-22-41(4)23-13-24-42(5)25-14-26-43(6)27-15-28-44(7)29-16-30-45(8)31-17-32-46(9)33-18-34-47(10)35-36-58-59(56,57)38-49-51(55)50(54)48(37-53)52-49;1-5-9-13-17(14-10-6-2,15-11-7-3)16-12-8-4/h19,21,23,25,27,29,31,33,47-55H,11-18,20,22,24,26,28,30,32,34-38H2,1-10H3,(H,56,57);5-16H2,1-4H3/q;+1/p-1/b40-21+,41-23+,42-25+,43-27+,44-29+,45-31+,46-33+;/t47-,48+,49-,50+,51+;/m0./s1. The molecule has 1 aliphatic rings. The molecule has 0 aromatic carbocycles. The summed E-state index contributed by atoms with van der Waals surface area (Å²) < 4.78 is 19.0. The molecule has 6 atom stereocenters. The summed E-state index contributed by atoms with van der Waals surface area (Å²) in [6, 6.07) is -1.60. The van der Waals surface area contributed by atoms with E-state index in [1.54, 1.807) is 0 Å². The molecule has 4 N–H and O–H groups in total. The highest BCUT2D eigenvalue weighted by Crippen LogP contribution is 2.40. The van der Waals surface area contributed by atoms with Crippen LogP contribution >= 0.6 is 7.60 Å². The lowest BCUT2D eigenvalue weighted by Gasteiger charge is -2.39. The Bertz CT molecular complexity index is 1760. The molecule has 0 aliphatic carbocycles. The van der Waals surface area contributed by atoms with Gasteiger partial charge in [0.25, 0.3) is 0 Å². The minimum absolute atomic E-state index is 0.0997. The Balaban J connectivity index is 0.00000281. The third kappa shape index (κ3) is 39.3. The molecule has 76 heavy (non-hydrogen) atoms. The molecule has 1 fully saturated rings. The minimum atomic E-state index is -4.19. The summed E-state index contributed by atoms with van der Waals surface area (Å²) in [6.07, 6.45) is 45.6. The molecule has 1 unspecified atom stereocenters. The Kier molecular flexibility index (Phi) is 44.3. The molecule has 1 rings (SSSR count). The molecule has 0 aromatic heterocycles. The van der Waals surface area contributed by atoms with E-state index in [1.807, 2.05) is 0 Å². The van der Waals surface area contributed by atoms with Gasteiger partial charge in [-0.05, 0) is 203 Å². The van der Waals surface area contributed by atoms with Gasteiger partial charge >= 0.3 is 0 Å². The van der Waals surface area contributed by atoms with Gasteiger partial charge in [-0.3, -0.25) is 0 Å². The number of nitrogens with one attached hydrogen (secondary N) is 1. The van der Waals surface area contributed by atoms with Crippen LogP contribution in [0.15, 0.2) is 93.2 Å². The van der Waals surface area contributed by atoms with E-state index in [0.29, 0.717) is 12.3 Å². The number of rotatable bonds is 43. The lowest BCUT2D eigenvalue weighted by Crippen LogP contribution is -2.50. The summed E-state index contributed by atoms with van der Waals surface area (Å²) in [7, 11) is -4.19. The number of allylic oxidation sites excluding steroid dienone is 16. The SMILES string of the molecule is CC(C)=CCC/C(C)=C/CC/C(C)=C/CC/C(C)=C/CC/C(C)=C/CC/C(C)=C/CC/C(C)=C/CC/C(C)=C/CC[C@H](C)CCOP(=O)([O-])C[C@@H]1N[C@H](CO)[C@@H](O)[C@@H]1O.CCCC[N+](CCCC)(CCCC)CCCC. The van der Waals surface area contributed by atoms with Crippen molar-refractivity contribution in [2.24, 2.45) is 5.92 Å². The molecule has 8 nitrogen and oxygen atoms in total. The second-order valence-corrected chi connectivity index (χ2v) is 25.5. The predicted molar refractivity (Wildman–Crippen MR) is 331 cm³/mol. The summed E-state index contributed by atoms with van der Waals surface area (Å²) in [5, 5.41) is 32.0. The lowest BCUT2D eigenvalue weighted by atomic mass is 10.0. The Morgan fingerprint density at radius 1 is 0.513 bits per heavy atom. The van der Waals surface area contributed by atoms with Crippen LogP contribution in [-0.2, 0) is 9.09 Å². The zero-order chi connectivity index (χ0) is 57.2. The number of unbranched alkanes of at least 4 members (excludes halogenated alkanes) is 4. The van der Waals surface area contributed by atoms with Gasteiger partial charge in [0, 0.05) is 12.2 Å². The Labute approximate surface area is 471 Å². The normalized spacial score (nSPS) is 19.7. The lowest BCUT2D eigenvalue weighted by molar-refractivity contribution is -0.929. The fourth-order valence-corrected chi connectivity index (χ4v) is 11.2. The maximum absolute atomic E-state index is 12.4. The average Bonchev–Trinajstić information content (AvgIpc) is 3.63. The molecule has 0 aromatic rings. The van der Waals surface area contributed by atoms with E-state index in [0.717, 1.165) is 89.9 Å². The van der Waals surface area contributed by atoms with Gasteiger partial charge in [0.2, 0.25) is 0 Å². The molecule has 0 saturated carbocycles. The fraction of sp³-hybridized carbons (Fsp3) is 0.761. The molecular formula is C67H123N2O6P. The van der Waals surface area contributed by atoms with E-state index in [1.165, 1.54) is 139 Å². The van der Waals surface area contributed by atoms with Crippen LogP contribution in [0.4, 0.5) is 0 Å². The number of nitrogens with zero attached hydrogens (tertiary/aromatic N) is 1. The molecule has 0 radical (unpaired) electrons. The fourth-order valence-electron chi connectivity index (χ4n) is 9.94. The third-order valence-electron chi connectivity index (χ3n) is 15.5. The zero-order valence-electron chi connectivity index (χ0n) is 52.1. The summed E-state index contributed by atoms with van der Waals surface area (Å²) in [5.74, 6) is 0.314. The van der Waals surface area contributed by atoms with Crippen molar-refractivity contribution in [3.8, 4) is 0 Å². The first-order chi connectivity index (χ1) is 36.2. The van der Waals surface area contributed by atoms with Crippen molar-refractivity contribution < 1.29 is 33.8 Å². The summed E-state index contributed by atoms with van der Waals surface area (Å²) >= 11 is 0. The Hall–Kier alpha value is -2.13. The monoisotopic (exact) mass is 1080 g/mol. The van der Waals surface area contributed by atoms with E-state index in [4.69, 9.17) is 4.52 Å². The largest absolute Gasteiger partial charge is 0.778 e. The summed E-state index contributed by atoms with van der Waals surface area (Å²) in [4.78, 5) is 12.4. The van der Waals surface area contributed by atoms with Gasteiger partial charge in [-0.25, -0.2) is 0 Å². The molecule has 9 heteroatoms. The smallest absolute Gasteiger partial charge is 0.136 e. The van der Waals surface area contributed by atoms with E-state index in [-0.39, 0.29) is 13.2 Å². The summed E-state index contributed by atoms with van der Waals surface area (Å²) in [6.45, 7) is 37.0. The highest BCUT2D eigenvalue weighted by atomic mass is 31.2. The first-order valence-electron chi connectivity index (χ1n) is 30.9. The topological polar surface area (TPSA) is 122 Å². The number of hydrogen-bond donors (Lipinski definition) is 4. The van der Waals surface area contributed by atoms with Crippen LogP contribution < -0.4 is 10.2 Å². The third-order valence-corrected chi connectivity index (χ3v) is 16.9. The zero-order valence-corrected chi connectivity index (χ0v) is 53.0. The second kappa shape index (κ2) is 45.6. The molecule has 1 saturated heterocycles. The predicted octanol–water partition coefficient (Wildman–Crippen LogP) is 17.5. The van der Waals surface area contributed by atoms with Gasteiger partial charge < -0.3 is 39.1 Å². The van der Waals surface area contributed by atoms with E-state index >= 15 is 0 Å². The molecule has 0 spiro atoms. The van der Waals surface area contributed by atoms with Crippen LogP contribution in [0.25, 0.3) is 0 Å². The van der Waals surface area contributed by atoms with Gasteiger partial charge in [0.1, 0.15) is 7.60 Å². The van der Waals surface area contributed by atoms with Gasteiger partial charge in [0.05, 0.1) is 57.6 Å². The Morgan fingerprint density at radius 3 is 1.11 bits per heavy atom. The van der Waals surface area contributed by atoms with Crippen molar-refractivity contribution in [3.05, 3.63) is 93.2 Å². The molecule has 1 heterocycles. The molecule has 1 aliphatic heterocycles.